The highest BCUT2D eigenvalue weighted by Gasteiger charge is 2.27. The Kier molecular flexibility index (Phi) is 7.17. The second-order valence-electron chi connectivity index (χ2n) is 7.24. The molecule has 164 valence electrons. The second kappa shape index (κ2) is 10.2. The maximum Gasteiger partial charge on any atom is 0.260 e. The van der Waals surface area contributed by atoms with Gasteiger partial charge in [-0.25, -0.2) is 4.39 Å². The third-order valence-electron chi connectivity index (χ3n) is 4.99. The quantitative estimate of drug-likeness (QED) is 0.363. The third kappa shape index (κ3) is 5.53. The Hall–Kier alpha value is -2.77. The lowest BCUT2D eigenvalue weighted by molar-refractivity contribution is -0.116. The smallest absolute Gasteiger partial charge is 0.260 e. The Morgan fingerprint density at radius 3 is 2.66 bits per heavy atom. The summed E-state index contributed by atoms with van der Waals surface area (Å²) in [7, 11) is 0. The van der Waals surface area contributed by atoms with Gasteiger partial charge in [0.25, 0.3) is 5.91 Å². The van der Waals surface area contributed by atoms with Crippen molar-refractivity contribution in [2.24, 2.45) is 0 Å². The van der Waals surface area contributed by atoms with E-state index in [0.29, 0.717) is 16.2 Å². The van der Waals surface area contributed by atoms with Crippen LogP contribution in [-0.2, 0) is 17.8 Å². The molecule has 2 N–H and O–H groups in total. The number of benzene rings is 3. The molecule has 0 aromatic heterocycles. The minimum atomic E-state index is -0.293. The fraction of sp³-hybridized carbons (Fsp3) is 0.160. The summed E-state index contributed by atoms with van der Waals surface area (Å²) < 4.78 is 20.3. The molecule has 4 nitrogen and oxygen atoms in total. The predicted octanol–water partition coefficient (Wildman–Crippen LogP) is 6.33. The molecule has 1 aliphatic rings. The topological polar surface area (TPSA) is 50.4 Å². The SMILES string of the molecule is CCc1ccc(N[C@@H]2NC(=O)/C(=C/c3ccc(OCc4ccccc4F)c(Br)c3)S2)cc1. The molecule has 4 rings (SSSR count). The highest BCUT2D eigenvalue weighted by molar-refractivity contribution is 9.10. The number of aryl methyl sites for hydroxylation is 1. The van der Waals surface area contributed by atoms with Crippen LogP contribution in [0.3, 0.4) is 0 Å². The van der Waals surface area contributed by atoms with Crippen molar-refractivity contribution in [2.45, 2.75) is 25.4 Å². The van der Waals surface area contributed by atoms with Gasteiger partial charge in [-0.2, -0.15) is 0 Å². The Labute approximate surface area is 199 Å². The summed E-state index contributed by atoms with van der Waals surface area (Å²) in [6.45, 7) is 2.25. The number of hydrogen-bond acceptors (Lipinski definition) is 4. The van der Waals surface area contributed by atoms with Crippen LogP contribution in [0.2, 0.25) is 0 Å². The largest absolute Gasteiger partial charge is 0.488 e. The summed E-state index contributed by atoms with van der Waals surface area (Å²) in [6, 6.07) is 20.3. The second-order valence-corrected chi connectivity index (χ2v) is 9.25. The van der Waals surface area contributed by atoms with Gasteiger partial charge in [-0.05, 0) is 69.9 Å². The Bertz CT molecular complexity index is 1150. The highest BCUT2D eigenvalue weighted by Crippen LogP contribution is 2.33. The van der Waals surface area contributed by atoms with Crippen LogP contribution in [0.25, 0.3) is 6.08 Å². The van der Waals surface area contributed by atoms with Crippen molar-refractivity contribution in [3.63, 3.8) is 0 Å². The van der Waals surface area contributed by atoms with Crippen LogP contribution in [0.15, 0.2) is 76.1 Å². The predicted molar refractivity (Wildman–Crippen MR) is 132 cm³/mol. The Morgan fingerprint density at radius 1 is 1.16 bits per heavy atom. The van der Waals surface area contributed by atoms with E-state index in [1.54, 1.807) is 24.3 Å². The van der Waals surface area contributed by atoms with Gasteiger partial charge in [0.1, 0.15) is 18.2 Å². The maximum atomic E-state index is 13.8. The summed E-state index contributed by atoms with van der Waals surface area (Å²) in [4.78, 5) is 13.0. The number of nitrogens with one attached hydrogen (secondary N) is 2. The molecule has 32 heavy (non-hydrogen) atoms. The van der Waals surface area contributed by atoms with Crippen molar-refractivity contribution < 1.29 is 13.9 Å². The number of hydrogen-bond donors (Lipinski definition) is 2. The van der Waals surface area contributed by atoms with Crippen molar-refractivity contribution in [3.8, 4) is 5.75 Å². The van der Waals surface area contributed by atoms with E-state index in [-0.39, 0.29) is 23.8 Å². The van der Waals surface area contributed by atoms with Gasteiger partial charge in [0.05, 0.1) is 9.38 Å². The number of amides is 1. The maximum absolute atomic E-state index is 13.8. The molecule has 3 aromatic carbocycles. The van der Waals surface area contributed by atoms with Crippen LogP contribution in [0.1, 0.15) is 23.6 Å². The van der Waals surface area contributed by atoms with Gasteiger partial charge in [-0.1, -0.05) is 55.1 Å². The molecule has 0 radical (unpaired) electrons. The number of rotatable bonds is 7. The summed E-state index contributed by atoms with van der Waals surface area (Å²) in [5.41, 5.74) is 3.35. The number of ether oxygens (including phenoxy) is 1. The van der Waals surface area contributed by atoms with E-state index in [2.05, 4.69) is 45.6 Å². The molecule has 1 aliphatic heterocycles. The van der Waals surface area contributed by atoms with Gasteiger partial charge in [0.2, 0.25) is 0 Å². The molecule has 1 atom stereocenters. The van der Waals surface area contributed by atoms with E-state index in [9.17, 15) is 9.18 Å². The molecule has 1 amide bonds. The average molecular weight is 513 g/mol. The van der Waals surface area contributed by atoms with E-state index in [4.69, 9.17) is 4.74 Å². The van der Waals surface area contributed by atoms with Gasteiger partial charge in [0.15, 0.2) is 5.50 Å². The fourth-order valence-electron chi connectivity index (χ4n) is 3.20. The number of carbonyl (C=O) groups excluding carboxylic acids is 1. The van der Waals surface area contributed by atoms with Crippen LogP contribution in [0, 0.1) is 5.82 Å². The molecule has 7 heteroatoms. The summed E-state index contributed by atoms with van der Waals surface area (Å²) in [5, 5.41) is 6.27. The van der Waals surface area contributed by atoms with Crippen LogP contribution in [0.4, 0.5) is 10.1 Å². The van der Waals surface area contributed by atoms with E-state index >= 15 is 0 Å². The van der Waals surface area contributed by atoms with E-state index in [0.717, 1.165) is 22.1 Å². The van der Waals surface area contributed by atoms with Crippen LogP contribution in [-0.4, -0.2) is 11.4 Å². The van der Waals surface area contributed by atoms with Crippen molar-refractivity contribution in [3.05, 3.63) is 98.6 Å². The molecule has 0 unspecified atom stereocenters. The van der Waals surface area contributed by atoms with Crippen LogP contribution in [0.5, 0.6) is 5.75 Å². The number of halogens is 2. The number of carbonyl (C=O) groups is 1. The average Bonchev–Trinajstić information content (AvgIpc) is 3.13. The van der Waals surface area contributed by atoms with Crippen molar-refractivity contribution in [1.29, 1.82) is 0 Å². The molecule has 1 fully saturated rings. The minimum Gasteiger partial charge on any atom is -0.488 e. The summed E-state index contributed by atoms with van der Waals surface area (Å²) >= 11 is 4.94. The molecule has 1 saturated heterocycles. The standard InChI is InChI=1S/C25H22BrFN2O2S/c1-2-16-7-10-19(11-8-16)28-25-29-24(30)23(32-25)14-17-9-12-22(20(26)13-17)31-15-18-5-3-4-6-21(18)27/h3-14,25,28H,2,15H2,1H3,(H,29,30)/b23-14-/t25-/m1/s1. The van der Waals surface area contributed by atoms with Gasteiger partial charge >= 0.3 is 0 Å². The van der Waals surface area contributed by atoms with Gasteiger partial charge < -0.3 is 15.4 Å². The number of thioether (sulfide) groups is 1. The monoisotopic (exact) mass is 512 g/mol. The summed E-state index contributed by atoms with van der Waals surface area (Å²) in [5.74, 6) is 0.196. The molecule has 0 bridgehead atoms. The minimum absolute atomic E-state index is 0.117. The lowest BCUT2D eigenvalue weighted by atomic mass is 10.1. The molecular weight excluding hydrogens is 491 g/mol. The first-order chi connectivity index (χ1) is 15.5. The first kappa shape index (κ1) is 22.4. The van der Waals surface area contributed by atoms with Crippen molar-refractivity contribution >= 4 is 45.4 Å². The molecule has 1 heterocycles. The Balaban J connectivity index is 1.40. The third-order valence-corrected chi connectivity index (χ3v) is 6.63. The van der Waals surface area contributed by atoms with Crippen LogP contribution >= 0.6 is 27.7 Å². The van der Waals surface area contributed by atoms with E-state index in [1.165, 1.54) is 23.4 Å². The van der Waals surface area contributed by atoms with E-state index in [1.807, 2.05) is 30.3 Å². The van der Waals surface area contributed by atoms with Gasteiger partial charge in [-0.15, -0.1) is 0 Å². The summed E-state index contributed by atoms with van der Waals surface area (Å²) in [6.07, 6.45) is 2.83. The first-order valence-electron chi connectivity index (χ1n) is 10.2. The lowest BCUT2D eigenvalue weighted by Crippen LogP contribution is -2.30. The van der Waals surface area contributed by atoms with E-state index < -0.39 is 0 Å². The molecule has 0 saturated carbocycles. The zero-order valence-corrected chi connectivity index (χ0v) is 19.8. The lowest BCUT2D eigenvalue weighted by Gasteiger charge is -2.12. The first-order valence-corrected chi connectivity index (χ1v) is 11.9. The van der Waals surface area contributed by atoms with Crippen molar-refractivity contribution in [1.82, 2.24) is 5.32 Å². The molecule has 0 spiro atoms. The molecule has 3 aromatic rings. The van der Waals surface area contributed by atoms with Crippen LogP contribution < -0.4 is 15.4 Å². The zero-order valence-electron chi connectivity index (χ0n) is 17.4. The molecule has 0 aliphatic carbocycles. The zero-order chi connectivity index (χ0) is 22.5. The normalized spacial score (nSPS) is 16.8. The fourth-order valence-corrected chi connectivity index (χ4v) is 4.70. The van der Waals surface area contributed by atoms with Gasteiger partial charge in [0, 0.05) is 11.3 Å². The van der Waals surface area contributed by atoms with Gasteiger partial charge in [-0.3, -0.25) is 4.79 Å². The van der Waals surface area contributed by atoms with Crippen molar-refractivity contribution in [2.75, 3.05) is 5.32 Å². The Morgan fingerprint density at radius 2 is 1.94 bits per heavy atom. The number of anilines is 1. The highest BCUT2D eigenvalue weighted by atomic mass is 79.9. The molecular formula is C25H22BrFN2O2S.